The van der Waals surface area contributed by atoms with Gasteiger partial charge in [-0.2, -0.15) is 9.49 Å². The fourth-order valence-corrected chi connectivity index (χ4v) is 5.23. The number of aliphatic imine (C=N–C) groups is 1. The van der Waals surface area contributed by atoms with Gasteiger partial charge in [-0.05, 0) is 43.1 Å². The van der Waals surface area contributed by atoms with Gasteiger partial charge in [-0.1, -0.05) is 20.8 Å². The molecule has 0 fully saturated rings. The molecule has 6 heterocycles. The van der Waals surface area contributed by atoms with Crippen LogP contribution in [-0.4, -0.2) is 37.8 Å². The van der Waals surface area contributed by atoms with E-state index < -0.39 is 11.5 Å². The number of halogens is 1. The van der Waals surface area contributed by atoms with E-state index in [2.05, 4.69) is 47.5 Å². The highest BCUT2D eigenvalue weighted by atomic mass is 32.1. The lowest BCUT2D eigenvalue weighted by Crippen LogP contribution is -2.27. The molecule has 5 aromatic rings. The molecule has 0 bridgehead atoms. The first kappa shape index (κ1) is 25.5. The van der Waals surface area contributed by atoms with Gasteiger partial charge < -0.3 is 10.6 Å². The number of carbonyl (C=O) groups is 1. The summed E-state index contributed by atoms with van der Waals surface area (Å²) in [6, 6.07) is 8.44. The molecule has 1 unspecified atom stereocenters. The molecule has 6 rings (SSSR count). The van der Waals surface area contributed by atoms with Crippen LogP contribution in [0.15, 0.2) is 66.2 Å². The molecule has 3 N–H and O–H groups in total. The maximum atomic E-state index is 13.8. The Bertz CT molecular complexity index is 1820. The highest BCUT2D eigenvalue weighted by Gasteiger charge is 2.27. The minimum absolute atomic E-state index is 0.0966. The number of pyridine rings is 3. The fraction of sp³-hybridized carbons (Fsp3) is 0.172. The maximum Gasteiger partial charge on any atom is 0.229 e. The highest BCUT2D eigenvalue weighted by Crippen LogP contribution is 2.42. The standard InChI is InChI=1S/C29H25FN8OS/c1-29(2,3)28(39)35-17-9-15(12-32-14-17)16-10-18-25(37-38-27(18)34-13-16)21-11-20(31-4)24-19(36-21)7-8-33-26(24)22-5-6-23(30)40-22/h5-14,20,36H,4H2,1-3H3,(H,35,39)(H,34,37,38). The Morgan fingerprint density at radius 3 is 2.70 bits per heavy atom. The lowest BCUT2D eigenvalue weighted by atomic mass is 9.95. The van der Waals surface area contributed by atoms with E-state index in [1.807, 2.05) is 45.0 Å². The Balaban J connectivity index is 1.37. The first-order valence-corrected chi connectivity index (χ1v) is 13.3. The van der Waals surface area contributed by atoms with Crippen molar-refractivity contribution < 1.29 is 9.18 Å². The smallest absolute Gasteiger partial charge is 0.229 e. The van der Waals surface area contributed by atoms with Crippen LogP contribution >= 0.6 is 11.3 Å². The fourth-order valence-electron chi connectivity index (χ4n) is 4.48. The van der Waals surface area contributed by atoms with Crippen molar-refractivity contribution in [2.45, 2.75) is 26.8 Å². The second-order valence-corrected chi connectivity index (χ2v) is 11.5. The van der Waals surface area contributed by atoms with Crippen LogP contribution in [0.1, 0.15) is 38.1 Å². The average Bonchev–Trinajstić information content (AvgIpc) is 3.57. The Hall–Kier alpha value is -4.77. The molecule has 200 valence electrons. The average molecular weight is 553 g/mol. The zero-order valence-corrected chi connectivity index (χ0v) is 22.8. The molecule has 0 saturated carbocycles. The first-order chi connectivity index (χ1) is 19.2. The summed E-state index contributed by atoms with van der Waals surface area (Å²) in [6.07, 6.45) is 8.69. The Kier molecular flexibility index (Phi) is 6.22. The van der Waals surface area contributed by atoms with Gasteiger partial charge in [0.05, 0.1) is 39.9 Å². The van der Waals surface area contributed by atoms with E-state index in [1.165, 1.54) is 6.07 Å². The molecule has 0 aliphatic carbocycles. The van der Waals surface area contributed by atoms with Gasteiger partial charge in [0.15, 0.2) is 10.8 Å². The summed E-state index contributed by atoms with van der Waals surface area (Å²) < 4.78 is 13.8. The Morgan fingerprint density at radius 1 is 1.12 bits per heavy atom. The summed E-state index contributed by atoms with van der Waals surface area (Å²) in [4.78, 5) is 30.9. The SMILES string of the molecule is C=NC1C=C(c2[nH]nc3ncc(-c4cncc(NC(=O)C(C)(C)C)c4)cc23)Nc2ccnc(-c3ccc(F)s3)c21. The summed E-state index contributed by atoms with van der Waals surface area (Å²) in [5.74, 6) is -0.0966. The summed E-state index contributed by atoms with van der Waals surface area (Å²) >= 11 is 1.04. The molecule has 0 radical (unpaired) electrons. The molecule has 5 aromatic heterocycles. The van der Waals surface area contributed by atoms with Gasteiger partial charge in [-0.3, -0.25) is 24.9 Å². The molecule has 1 atom stereocenters. The van der Waals surface area contributed by atoms with Crippen molar-refractivity contribution in [2.24, 2.45) is 10.4 Å². The molecular formula is C29H25FN8OS. The van der Waals surface area contributed by atoms with Crippen LogP contribution in [0.5, 0.6) is 0 Å². The molecule has 1 amide bonds. The van der Waals surface area contributed by atoms with Gasteiger partial charge in [0.1, 0.15) is 0 Å². The van der Waals surface area contributed by atoms with Crippen LogP contribution in [0.25, 0.3) is 38.4 Å². The second kappa shape index (κ2) is 9.76. The number of carbonyl (C=O) groups excluding carboxylic acids is 1. The molecule has 40 heavy (non-hydrogen) atoms. The van der Waals surface area contributed by atoms with Crippen LogP contribution < -0.4 is 10.6 Å². The summed E-state index contributed by atoms with van der Waals surface area (Å²) in [6.45, 7) is 9.37. The third-order valence-electron chi connectivity index (χ3n) is 6.57. The molecule has 9 nitrogen and oxygen atoms in total. The highest BCUT2D eigenvalue weighted by molar-refractivity contribution is 7.13. The molecule has 11 heteroatoms. The van der Waals surface area contributed by atoms with E-state index in [-0.39, 0.29) is 11.0 Å². The summed E-state index contributed by atoms with van der Waals surface area (Å²) in [5.41, 5.74) is 6.01. The first-order valence-electron chi connectivity index (χ1n) is 12.5. The van der Waals surface area contributed by atoms with Crippen LogP contribution in [0.2, 0.25) is 0 Å². The van der Waals surface area contributed by atoms with Gasteiger partial charge in [0.2, 0.25) is 5.91 Å². The minimum atomic E-state index is -0.531. The van der Waals surface area contributed by atoms with Crippen LogP contribution in [-0.2, 0) is 4.79 Å². The predicted molar refractivity (Wildman–Crippen MR) is 157 cm³/mol. The third-order valence-corrected chi connectivity index (χ3v) is 7.45. The van der Waals surface area contributed by atoms with Gasteiger partial charge in [-0.25, -0.2) is 4.98 Å². The van der Waals surface area contributed by atoms with Crippen molar-refractivity contribution in [3.05, 3.63) is 77.6 Å². The number of fused-ring (bicyclic) bond motifs is 2. The van der Waals surface area contributed by atoms with E-state index in [9.17, 15) is 9.18 Å². The normalized spacial score (nSPS) is 14.8. The zero-order chi connectivity index (χ0) is 28.0. The zero-order valence-electron chi connectivity index (χ0n) is 22.0. The van der Waals surface area contributed by atoms with Gasteiger partial charge in [0.25, 0.3) is 0 Å². The number of nitrogens with one attached hydrogen (secondary N) is 3. The number of H-pyrrole nitrogens is 1. The molecule has 0 aromatic carbocycles. The quantitative estimate of drug-likeness (QED) is 0.215. The largest absolute Gasteiger partial charge is 0.354 e. The lowest BCUT2D eigenvalue weighted by molar-refractivity contribution is -0.123. The number of aromatic amines is 1. The predicted octanol–water partition coefficient (Wildman–Crippen LogP) is 6.48. The van der Waals surface area contributed by atoms with Crippen molar-refractivity contribution in [2.75, 3.05) is 10.6 Å². The van der Waals surface area contributed by atoms with Gasteiger partial charge in [-0.15, -0.1) is 11.3 Å². The molecule has 1 aliphatic heterocycles. The topological polar surface area (TPSA) is 121 Å². The molecule has 1 aliphatic rings. The monoisotopic (exact) mass is 552 g/mol. The second-order valence-electron chi connectivity index (χ2n) is 10.4. The number of rotatable bonds is 5. The molecule has 0 spiro atoms. The number of anilines is 2. The van der Waals surface area contributed by atoms with Crippen LogP contribution in [0, 0.1) is 10.5 Å². The third kappa shape index (κ3) is 4.64. The van der Waals surface area contributed by atoms with Crippen molar-refractivity contribution in [1.29, 1.82) is 0 Å². The van der Waals surface area contributed by atoms with Crippen molar-refractivity contribution in [3.63, 3.8) is 0 Å². The number of thiophene rings is 1. The molecule has 0 saturated heterocycles. The van der Waals surface area contributed by atoms with E-state index in [0.717, 1.165) is 55.4 Å². The van der Waals surface area contributed by atoms with Crippen molar-refractivity contribution >= 4 is 52.1 Å². The number of amides is 1. The molecular weight excluding hydrogens is 527 g/mol. The number of nitrogens with zero attached hydrogens (tertiary/aromatic N) is 5. The Morgan fingerprint density at radius 2 is 1.95 bits per heavy atom. The van der Waals surface area contributed by atoms with Crippen LogP contribution in [0.4, 0.5) is 15.8 Å². The van der Waals surface area contributed by atoms with Crippen LogP contribution in [0.3, 0.4) is 0 Å². The van der Waals surface area contributed by atoms with E-state index in [1.54, 1.807) is 30.9 Å². The Labute approximate surface area is 233 Å². The maximum absolute atomic E-state index is 13.8. The van der Waals surface area contributed by atoms with Gasteiger partial charge in [0, 0.05) is 51.8 Å². The van der Waals surface area contributed by atoms with E-state index in [4.69, 9.17) is 0 Å². The summed E-state index contributed by atoms with van der Waals surface area (Å²) in [5, 5.41) is 14.4. The number of hydrogen-bond acceptors (Lipinski definition) is 8. The summed E-state index contributed by atoms with van der Waals surface area (Å²) in [7, 11) is 0. The number of aromatic nitrogens is 5. The minimum Gasteiger partial charge on any atom is -0.354 e. The van der Waals surface area contributed by atoms with Crippen molar-refractivity contribution in [3.8, 4) is 21.7 Å². The van der Waals surface area contributed by atoms with Crippen molar-refractivity contribution in [1.82, 2.24) is 25.1 Å². The lowest BCUT2D eigenvalue weighted by Gasteiger charge is -2.25. The van der Waals surface area contributed by atoms with E-state index >= 15 is 0 Å². The number of hydrogen-bond donors (Lipinski definition) is 3. The van der Waals surface area contributed by atoms with Gasteiger partial charge >= 0.3 is 0 Å². The van der Waals surface area contributed by atoms with E-state index in [0.29, 0.717) is 17.0 Å².